The van der Waals surface area contributed by atoms with Crippen molar-refractivity contribution in [1.82, 2.24) is 4.57 Å². The summed E-state index contributed by atoms with van der Waals surface area (Å²) in [5.41, 5.74) is 3.03. The van der Waals surface area contributed by atoms with Crippen LogP contribution in [0.1, 0.15) is 11.1 Å². The highest BCUT2D eigenvalue weighted by atomic mass is 19.1. The lowest BCUT2D eigenvalue weighted by atomic mass is 10.1. The maximum absolute atomic E-state index is 15.2. The Kier molecular flexibility index (Phi) is 5.52. The van der Waals surface area contributed by atoms with Crippen LogP contribution in [0.2, 0.25) is 0 Å². The average Bonchev–Trinajstić information content (AvgIpc) is 2.75. The van der Waals surface area contributed by atoms with Crippen molar-refractivity contribution in [2.75, 3.05) is 4.90 Å². The summed E-state index contributed by atoms with van der Waals surface area (Å²) in [7, 11) is 0. The van der Waals surface area contributed by atoms with Crippen LogP contribution in [0.15, 0.2) is 108 Å². The van der Waals surface area contributed by atoms with Gasteiger partial charge in [-0.05, 0) is 29.3 Å². The summed E-state index contributed by atoms with van der Waals surface area (Å²) in [5.74, 6) is -0.356. The third-order valence-corrected chi connectivity index (χ3v) is 4.81. The van der Waals surface area contributed by atoms with Gasteiger partial charge in [-0.25, -0.2) is 4.39 Å². The van der Waals surface area contributed by atoms with Crippen LogP contribution >= 0.6 is 0 Å². The summed E-state index contributed by atoms with van der Waals surface area (Å²) in [4.78, 5) is 14.1. The molecule has 4 rings (SSSR count). The van der Waals surface area contributed by atoms with Crippen LogP contribution in [0.5, 0.6) is 0 Å². The molecule has 0 N–H and O–H groups in total. The molecule has 29 heavy (non-hydrogen) atoms. The summed E-state index contributed by atoms with van der Waals surface area (Å²) < 4.78 is 16.6. The summed E-state index contributed by atoms with van der Waals surface area (Å²) in [6.07, 6.45) is 1.64. The number of hydrogen-bond acceptors (Lipinski definition) is 2. The minimum Gasteiger partial charge on any atom is -0.361 e. The molecule has 0 saturated carbocycles. The third-order valence-electron chi connectivity index (χ3n) is 4.81. The van der Waals surface area contributed by atoms with Crippen LogP contribution in [-0.4, -0.2) is 4.57 Å². The number of anilines is 1. The summed E-state index contributed by atoms with van der Waals surface area (Å²) >= 11 is 0. The molecule has 0 radical (unpaired) electrons. The second-order valence-corrected chi connectivity index (χ2v) is 6.87. The van der Waals surface area contributed by atoms with Crippen molar-refractivity contribution in [1.29, 1.82) is 0 Å². The van der Waals surface area contributed by atoms with E-state index in [2.05, 4.69) is 0 Å². The van der Waals surface area contributed by atoms with Crippen LogP contribution < -0.4 is 10.5 Å². The maximum atomic E-state index is 15.2. The SMILES string of the molecule is O=c1ccccn1-c1ccc(N(Cc2ccccc2)Cc2ccccc2)c(F)c1. The summed E-state index contributed by atoms with van der Waals surface area (Å²) in [6, 6.07) is 29.8. The molecule has 0 amide bonds. The topological polar surface area (TPSA) is 25.2 Å². The Morgan fingerprint density at radius 1 is 0.724 bits per heavy atom. The zero-order valence-corrected chi connectivity index (χ0v) is 15.9. The van der Waals surface area contributed by atoms with Crippen LogP contribution in [0.25, 0.3) is 5.69 Å². The van der Waals surface area contributed by atoms with Gasteiger partial charge in [0.15, 0.2) is 0 Å². The molecule has 3 aromatic carbocycles. The van der Waals surface area contributed by atoms with E-state index in [1.54, 1.807) is 30.5 Å². The highest BCUT2D eigenvalue weighted by molar-refractivity contribution is 5.53. The molecule has 144 valence electrons. The van der Waals surface area contributed by atoms with Gasteiger partial charge in [-0.1, -0.05) is 66.7 Å². The lowest BCUT2D eigenvalue weighted by Crippen LogP contribution is -2.23. The van der Waals surface area contributed by atoms with Gasteiger partial charge in [0.05, 0.1) is 11.4 Å². The van der Waals surface area contributed by atoms with E-state index in [0.29, 0.717) is 24.5 Å². The fourth-order valence-corrected chi connectivity index (χ4v) is 3.38. The second-order valence-electron chi connectivity index (χ2n) is 6.87. The standard InChI is InChI=1S/C25H21FN2O/c26-23-17-22(28-16-8-7-13-25(28)29)14-15-24(23)27(18-20-9-3-1-4-10-20)19-21-11-5-2-6-12-21/h1-17H,18-19H2. The van der Waals surface area contributed by atoms with E-state index >= 15 is 4.39 Å². The molecule has 0 atom stereocenters. The molecular formula is C25H21FN2O. The molecule has 0 spiro atoms. The van der Waals surface area contributed by atoms with Crippen LogP contribution in [0.4, 0.5) is 10.1 Å². The quantitative estimate of drug-likeness (QED) is 0.457. The Morgan fingerprint density at radius 3 is 1.86 bits per heavy atom. The molecule has 4 heteroatoms. The minimum absolute atomic E-state index is 0.190. The molecule has 0 saturated heterocycles. The number of pyridine rings is 1. The highest BCUT2D eigenvalue weighted by Gasteiger charge is 2.14. The van der Waals surface area contributed by atoms with Crippen LogP contribution in [0, 0.1) is 5.82 Å². The fraction of sp³-hybridized carbons (Fsp3) is 0.0800. The number of hydrogen-bond donors (Lipinski definition) is 0. The van der Waals surface area contributed by atoms with Crippen molar-refractivity contribution in [3.63, 3.8) is 0 Å². The molecule has 0 aliphatic heterocycles. The molecule has 3 nitrogen and oxygen atoms in total. The van der Waals surface area contributed by atoms with Gasteiger partial charge in [0.2, 0.25) is 0 Å². The van der Waals surface area contributed by atoms with E-state index in [-0.39, 0.29) is 11.4 Å². The fourth-order valence-electron chi connectivity index (χ4n) is 3.38. The molecular weight excluding hydrogens is 363 g/mol. The van der Waals surface area contributed by atoms with Gasteiger partial charge in [0, 0.05) is 31.4 Å². The smallest absolute Gasteiger partial charge is 0.255 e. The molecule has 1 aromatic heterocycles. The van der Waals surface area contributed by atoms with Crippen molar-refractivity contribution in [3.05, 3.63) is 131 Å². The number of halogens is 1. The van der Waals surface area contributed by atoms with E-state index in [0.717, 1.165) is 11.1 Å². The minimum atomic E-state index is -0.356. The number of benzene rings is 3. The second kappa shape index (κ2) is 8.57. The van der Waals surface area contributed by atoms with Crippen LogP contribution in [0.3, 0.4) is 0 Å². The zero-order valence-electron chi connectivity index (χ0n) is 15.9. The number of aromatic nitrogens is 1. The molecule has 1 heterocycles. The van der Waals surface area contributed by atoms with Gasteiger partial charge in [-0.3, -0.25) is 9.36 Å². The predicted molar refractivity (Wildman–Crippen MR) is 115 cm³/mol. The van der Waals surface area contributed by atoms with E-state index in [9.17, 15) is 4.79 Å². The molecule has 0 aliphatic carbocycles. The van der Waals surface area contributed by atoms with Gasteiger partial charge in [-0.2, -0.15) is 0 Å². The third kappa shape index (κ3) is 4.43. The summed E-state index contributed by atoms with van der Waals surface area (Å²) in [5, 5.41) is 0. The highest BCUT2D eigenvalue weighted by Crippen LogP contribution is 2.25. The molecule has 4 aromatic rings. The van der Waals surface area contributed by atoms with Gasteiger partial charge < -0.3 is 4.90 Å². The maximum Gasteiger partial charge on any atom is 0.255 e. The van der Waals surface area contributed by atoms with Crippen molar-refractivity contribution < 1.29 is 4.39 Å². The Morgan fingerprint density at radius 2 is 1.31 bits per heavy atom. The van der Waals surface area contributed by atoms with Crippen molar-refractivity contribution in [2.24, 2.45) is 0 Å². The van der Waals surface area contributed by atoms with E-state index < -0.39 is 0 Å². The molecule has 0 aliphatic rings. The first-order valence-corrected chi connectivity index (χ1v) is 9.51. The monoisotopic (exact) mass is 384 g/mol. The Bertz CT molecular complexity index is 1100. The van der Waals surface area contributed by atoms with Gasteiger partial charge >= 0.3 is 0 Å². The van der Waals surface area contributed by atoms with Gasteiger partial charge in [0.25, 0.3) is 5.56 Å². The van der Waals surface area contributed by atoms with E-state index in [4.69, 9.17) is 0 Å². The predicted octanol–water partition coefficient (Wildman–Crippen LogP) is 5.18. The Balaban J connectivity index is 1.70. The van der Waals surface area contributed by atoms with Gasteiger partial charge in [-0.15, -0.1) is 0 Å². The van der Waals surface area contributed by atoms with Crippen molar-refractivity contribution in [3.8, 4) is 5.69 Å². The van der Waals surface area contributed by atoms with Crippen LogP contribution in [-0.2, 0) is 13.1 Å². The van der Waals surface area contributed by atoms with E-state index in [1.807, 2.05) is 65.6 Å². The lowest BCUT2D eigenvalue weighted by molar-refractivity contribution is 0.614. The molecule has 0 bridgehead atoms. The largest absolute Gasteiger partial charge is 0.361 e. The first-order valence-electron chi connectivity index (χ1n) is 9.51. The molecule has 0 fully saturated rings. The average molecular weight is 384 g/mol. The van der Waals surface area contributed by atoms with E-state index in [1.165, 1.54) is 16.7 Å². The van der Waals surface area contributed by atoms with Gasteiger partial charge in [0.1, 0.15) is 5.82 Å². The Hall–Kier alpha value is -3.66. The van der Waals surface area contributed by atoms with Crippen molar-refractivity contribution in [2.45, 2.75) is 13.1 Å². The molecule has 0 unspecified atom stereocenters. The zero-order chi connectivity index (χ0) is 20.1. The Labute approximate surface area is 169 Å². The van der Waals surface area contributed by atoms with Crippen molar-refractivity contribution >= 4 is 5.69 Å². The lowest BCUT2D eigenvalue weighted by Gasteiger charge is -2.26. The number of rotatable bonds is 6. The first-order chi connectivity index (χ1) is 14.2. The first kappa shape index (κ1) is 18.7. The number of nitrogens with zero attached hydrogens (tertiary/aromatic N) is 2. The summed E-state index contributed by atoms with van der Waals surface area (Å²) in [6.45, 7) is 1.16. The normalized spacial score (nSPS) is 10.7.